The fourth-order valence-corrected chi connectivity index (χ4v) is 2.95. The molecule has 0 saturated carbocycles. The minimum atomic E-state index is -0.486. The smallest absolute Gasteiger partial charge is 0.121 e. The molecule has 0 bridgehead atoms. The van der Waals surface area contributed by atoms with E-state index in [1.807, 2.05) is 24.3 Å². The molecular formula is C17H21NO2S. The van der Waals surface area contributed by atoms with Crippen LogP contribution in [0.25, 0.3) is 0 Å². The molecule has 0 aliphatic heterocycles. The second-order valence-electron chi connectivity index (χ2n) is 4.98. The molecule has 3 N–H and O–H groups in total. The van der Waals surface area contributed by atoms with Gasteiger partial charge in [0.05, 0.1) is 6.10 Å². The van der Waals surface area contributed by atoms with Crippen molar-refractivity contribution in [3.05, 3.63) is 59.7 Å². The highest BCUT2D eigenvalue weighted by Gasteiger charge is 2.06. The number of benzene rings is 2. The lowest BCUT2D eigenvalue weighted by atomic mass is 10.1. The molecule has 0 aliphatic rings. The number of anilines is 1. The van der Waals surface area contributed by atoms with Crippen molar-refractivity contribution in [3.8, 4) is 5.75 Å². The lowest BCUT2D eigenvalue weighted by Crippen LogP contribution is -2.20. The summed E-state index contributed by atoms with van der Waals surface area (Å²) in [6.07, 6.45) is -0.486. The van der Waals surface area contributed by atoms with E-state index in [-0.39, 0.29) is 6.61 Å². The number of hydrogen-bond acceptors (Lipinski definition) is 4. The number of hydrogen-bond donors (Lipinski definition) is 2. The molecule has 4 heteroatoms. The summed E-state index contributed by atoms with van der Waals surface area (Å²) in [5.74, 6) is 2.25. The van der Waals surface area contributed by atoms with Crippen molar-refractivity contribution in [2.75, 3.05) is 18.1 Å². The highest BCUT2D eigenvalue weighted by Crippen LogP contribution is 2.18. The van der Waals surface area contributed by atoms with Crippen molar-refractivity contribution in [1.82, 2.24) is 0 Å². The van der Waals surface area contributed by atoms with Crippen molar-refractivity contribution in [1.29, 1.82) is 0 Å². The maximum Gasteiger partial charge on any atom is 0.121 e. The van der Waals surface area contributed by atoms with Crippen molar-refractivity contribution in [3.63, 3.8) is 0 Å². The van der Waals surface area contributed by atoms with E-state index < -0.39 is 6.10 Å². The molecule has 2 aromatic rings. The van der Waals surface area contributed by atoms with Crippen LogP contribution in [-0.4, -0.2) is 23.6 Å². The second kappa shape index (κ2) is 7.96. The lowest BCUT2D eigenvalue weighted by Gasteiger charge is -2.13. The molecule has 0 saturated heterocycles. The number of nitrogens with two attached hydrogens (primary N) is 1. The Morgan fingerprint density at radius 1 is 1.19 bits per heavy atom. The maximum absolute atomic E-state index is 9.95. The van der Waals surface area contributed by atoms with Gasteiger partial charge < -0.3 is 15.6 Å². The molecular weight excluding hydrogens is 282 g/mol. The summed E-state index contributed by atoms with van der Waals surface area (Å²) in [7, 11) is 0. The van der Waals surface area contributed by atoms with Gasteiger partial charge in [-0.1, -0.05) is 30.3 Å². The first-order valence-corrected chi connectivity index (χ1v) is 8.09. The Hall–Kier alpha value is -1.65. The van der Waals surface area contributed by atoms with Crippen LogP contribution in [0.1, 0.15) is 11.1 Å². The molecule has 0 amide bonds. The summed E-state index contributed by atoms with van der Waals surface area (Å²) >= 11 is 1.71. The minimum absolute atomic E-state index is 0.282. The number of aliphatic hydroxyl groups excluding tert-OH is 1. The van der Waals surface area contributed by atoms with Crippen LogP contribution < -0.4 is 10.5 Å². The number of nitrogen functional groups attached to an aromatic ring is 1. The molecule has 0 radical (unpaired) electrons. The van der Waals surface area contributed by atoms with E-state index in [9.17, 15) is 5.11 Å². The lowest BCUT2D eigenvalue weighted by molar-refractivity contribution is 0.126. The van der Waals surface area contributed by atoms with Gasteiger partial charge >= 0.3 is 0 Å². The Morgan fingerprint density at radius 3 is 2.76 bits per heavy atom. The van der Waals surface area contributed by atoms with E-state index in [2.05, 4.69) is 19.1 Å². The molecule has 0 spiro atoms. The Morgan fingerprint density at radius 2 is 2.00 bits per heavy atom. The van der Waals surface area contributed by atoms with E-state index in [0.29, 0.717) is 17.2 Å². The van der Waals surface area contributed by atoms with Gasteiger partial charge in [0.15, 0.2) is 0 Å². The van der Waals surface area contributed by atoms with Gasteiger partial charge in [0, 0.05) is 23.3 Å². The van der Waals surface area contributed by atoms with E-state index in [4.69, 9.17) is 10.5 Å². The molecule has 1 unspecified atom stereocenters. The third kappa shape index (κ3) is 5.33. The quantitative estimate of drug-likeness (QED) is 0.771. The zero-order chi connectivity index (χ0) is 15.1. The summed E-state index contributed by atoms with van der Waals surface area (Å²) in [5, 5.41) is 9.95. The predicted octanol–water partition coefficient (Wildman–Crippen LogP) is 3.25. The van der Waals surface area contributed by atoms with E-state index in [1.54, 1.807) is 23.9 Å². The van der Waals surface area contributed by atoms with Crippen LogP contribution in [0.3, 0.4) is 0 Å². The van der Waals surface area contributed by atoms with Crippen LogP contribution in [-0.2, 0) is 5.75 Å². The molecule has 21 heavy (non-hydrogen) atoms. The van der Waals surface area contributed by atoms with Gasteiger partial charge in [-0.05, 0) is 30.2 Å². The molecule has 112 valence electrons. The number of thioether (sulfide) groups is 1. The zero-order valence-electron chi connectivity index (χ0n) is 12.2. The summed E-state index contributed by atoms with van der Waals surface area (Å²) in [4.78, 5) is 0. The largest absolute Gasteiger partial charge is 0.491 e. The van der Waals surface area contributed by atoms with Crippen LogP contribution in [0.4, 0.5) is 5.69 Å². The van der Waals surface area contributed by atoms with Gasteiger partial charge in [-0.3, -0.25) is 0 Å². The van der Waals surface area contributed by atoms with Crippen LogP contribution in [0.15, 0.2) is 48.5 Å². The summed E-state index contributed by atoms with van der Waals surface area (Å²) in [6.45, 7) is 2.39. The first kappa shape index (κ1) is 15.7. The van der Waals surface area contributed by atoms with Crippen LogP contribution in [0.5, 0.6) is 5.75 Å². The number of aryl methyl sites for hydroxylation is 1. The number of rotatable bonds is 7. The van der Waals surface area contributed by atoms with Gasteiger partial charge in [-0.2, -0.15) is 11.8 Å². The average Bonchev–Trinajstić information content (AvgIpc) is 2.47. The first-order valence-electron chi connectivity index (χ1n) is 6.94. The second-order valence-corrected chi connectivity index (χ2v) is 6.01. The normalized spacial score (nSPS) is 12.1. The monoisotopic (exact) mass is 303 g/mol. The van der Waals surface area contributed by atoms with Gasteiger partial charge in [0.25, 0.3) is 0 Å². The topological polar surface area (TPSA) is 55.5 Å². The van der Waals surface area contributed by atoms with Gasteiger partial charge in [0.2, 0.25) is 0 Å². The van der Waals surface area contributed by atoms with E-state index in [0.717, 1.165) is 5.75 Å². The standard InChI is InChI=1S/C17H21NO2S/c1-13-5-2-3-6-14(13)11-21-12-16(19)10-20-17-8-4-7-15(18)9-17/h2-9,16,19H,10-12,18H2,1H3. The molecule has 0 aromatic heterocycles. The first-order chi connectivity index (χ1) is 10.1. The molecule has 0 fully saturated rings. The highest BCUT2D eigenvalue weighted by atomic mass is 32.2. The van der Waals surface area contributed by atoms with E-state index >= 15 is 0 Å². The summed E-state index contributed by atoms with van der Waals surface area (Å²) in [6, 6.07) is 15.6. The summed E-state index contributed by atoms with van der Waals surface area (Å²) in [5.41, 5.74) is 8.94. The number of ether oxygens (including phenoxy) is 1. The molecule has 2 rings (SSSR count). The third-order valence-corrected chi connectivity index (χ3v) is 4.27. The van der Waals surface area contributed by atoms with Crippen molar-refractivity contribution in [2.45, 2.75) is 18.8 Å². The van der Waals surface area contributed by atoms with Crippen LogP contribution >= 0.6 is 11.8 Å². The van der Waals surface area contributed by atoms with Crippen molar-refractivity contribution < 1.29 is 9.84 Å². The van der Waals surface area contributed by atoms with Crippen LogP contribution in [0.2, 0.25) is 0 Å². The third-order valence-electron chi connectivity index (χ3n) is 3.13. The SMILES string of the molecule is Cc1ccccc1CSCC(O)COc1cccc(N)c1. The molecule has 3 nitrogen and oxygen atoms in total. The maximum atomic E-state index is 9.95. The summed E-state index contributed by atoms with van der Waals surface area (Å²) < 4.78 is 5.53. The fraction of sp³-hybridized carbons (Fsp3) is 0.294. The predicted molar refractivity (Wildman–Crippen MR) is 89.7 cm³/mol. The Bertz CT molecular complexity index is 574. The Kier molecular flexibility index (Phi) is 5.96. The molecule has 0 heterocycles. The Balaban J connectivity index is 1.70. The van der Waals surface area contributed by atoms with Gasteiger partial charge in [-0.15, -0.1) is 0 Å². The average molecular weight is 303 g/mol. The van der Waals surface area contributed by atoms with Gasteiger partial charge in [-0.25, -0.2) is 0 Å². The number of aliphatic hydroxyl groups is 1. The minimum Gasteiger partial charge on any atom is -0.491 e. The zero-order valence-corrected chi connectivity index (χ0v) is 13.0. The van der Waals surface area contributed by atoms with E-state index in [1.165, 1.54) is 11.1 Å². The van der Waals surface area contributed by atoms with Crippen molar-refractivity contribution in [2.24, 2.45) is 0 Å². The van der Waals surface area contributed by atoms with Crippen LogP contribution in [0, 0.1) is 6.92 Å². The fourth-order valence-electron chi connectivity index (χ4n) is 1.92. The Labute approximate surface area is 130 Å². The molecule has 2 aromatic carbocycles. The van der Waals surface area contributed by atoms with Crippen molar-refractivity contribution >= 4 is 17.4 Å². The molecule has 1 atom stereocenters. The highest BCUT2D eigenvalue weighted by molar-refractivity contribution is 7.98. The molecule has 0 aliphatic carbocycles. The van der Waals surface area contributed by atoms with Gasteiger partial charge in [0.1, 0.15) is 12.4 Å².